The Morgan fingerprint density at radius 3 is 2.82 bits per heavy atom. The SMILES string of the molecule is C=CCOC(=O)C1=C(C)NC(=S)N[C@@H]1c1ccc(Cl)c(Cl)c1. The van der Waals surface area contributed by atoms with Gasteiger partial charge in [0.2, 0.25) is 0 Å². The van der Waals surface area contributed by atoms with E-state index in [0.717, 1.165) is 5.56 Å². The van der Waals surface area contributed by atoms with E-state index in [0.29, 0.717) is 26.4 Å². The Kier molecular flexibility index (Phi) is 5.45. The van der Waals surface area contributed by atoms with Crippen molar-refractivity contribution in [1.29, 1.82) is 0 Å². The van der Waals surface area contributed by atoms with Gasteiger partial charge >= 0.3 is 5.97 Å². The number of carbonyl (C=O) groups excluding carboxylic acids is 1. The maximum atomic E-state index is 12.3. The summed E-state index contributed by atoms with van der Waals surface area (Å²) in [6.45, 7) is 5.43. The van der Waals surface area contributed by atoms with E-state index in [1.807, 2.05) is 0 Å². The van der Waals surface area contributed by atoms with Gasteiger partial charge < -0.3 is 15.4 Å². The number of carbonyl (C=O) groups is 1. The second kappa shape index (κ2) is 7.13. The average Bonchev–Trinajstić information content (AvgIpc) is 2.46. The van der Waals surface area contributed by atoms with Crippen LogP contribution in [-0.2, 0) is 9.53 Å². The Bertz CT molecular complexity index is 674. The number of nitrogens with one attached hydrogen (secondary N) is 2. The number of esters is 1. The van der Waals surface area contributed by atoms with Gasteiger partial charge in [-0.3, -0.25) is 0 Å². The van der Waals surface area contributed by atoms with E-state index in [4.69, 9.17) is 40.2 Å². The van der Waals surface area contributed by atoms with E-state index >= 15 is 0 Å². The summed E-state index contributed by atoms with van der Waals surface area (Å²) in [5.41, 5.74) is 1.84. The predicted molar refractivity (Wildman–Crippen MR) is 91.9 cm³/mol. The van der Waals surface area contributed by atoms with Crippen LogP contribution in [0.3, 0.4) is 0 Å². The molecule has 0 unspecified atom stereocenters. The molecule has 22 heavy (non-hydrogen) atoms. The Balaban J connectivity index is 2.42. The highest BCUT2D eigenvalue weighted by Gasteiger charge is 2.31. The number of thiocarbonyl (C=S) groups is 1. The minimum absolute atomic E-state index is 0.133. The molecule has 0 bridgehead atoms. The molecule has 0 radical (unpaired) electrons. The van der Waals surface area contributed by atoms with Crippen LogP contribution in [0, 0.1) is 0 Å². The summed E-state index contributed by atoms with van der Waals surface area (Å²) < 4.78 is 5.14. The quantitative estimate of drug-likeness (QED) is 0.491. The Morgan fingerprint density at radius 2 is 2.18 bits per heavy atom. The van der Waals surface area contributed by atoms with E-state index < -0.39 is 12.0 Å². The van der Waals surface area contributed by atoms with Crippen LogP contribution in [0.2, 0.25) is 10.0 Å². The van der Waals surface area contributed by atoms with Crippen molar-refractivity contribution in [2.24, 2.45) is 0 Å². The predicted octanol–water partition coefficient (Wildman–Crippen LogP) is 3.52. The first-order chi connectivity index (χ1) is 10.4. The zero-order valence-corrected chi connectivity index (χ0v) is 14.1. The maximum absolute atomic E-state index is 12.3. The van der Waals surface area contributed by atoms with Crippen LogP contribution in [-0.4, -0.2) is 17.7 Å². The summed E-state index contributed by atoms with van der Waals surface area (Å²) in [6.07, 6.45) is 1.51. The van der Waals surface area contributed by atoms with E-state index in [9.17, 15) is 4.79 Å². The molecule has 1 aliphatic heterocycles. The molecule has 2 rings (SSSR count). The normalized spacial score (nSPS) is 17.6. The van der Waals surface area contributed by atoms with E-state index in [1.54, 1.807) is 25.1 Å². The van der Waals surface area contributed by atoms with Crippen molar-refractivity contribution in [3.8, 4) is 0 Å². The summed E-state index contributed by atoms with van der Waals surface area (Å²) in [6, 6.07) is 4.70. The molecule has 1 atom stereocenters. The molecular formula is C15H14Cl2N2O2S. The molecule has 0 amide bonds. The van der Waals surface area contributed by atoms with Crippen molar-refractivity contribution in [2.75, 3.05) is 6.61 Å². The lowest BCUT2D eigenvalue weighted by molar-refractivity contribution is -0.138. The van der Waals surface area contributed by atoms with Crippen LogP contribution in [0.1, 0.15) is 18.5 Å². The van der Waals surface area contributed by atoms with E-state index in [2.05, 4.69) is 17.2 Å². The van der Waals surface area contributed by atoms with Gasteiger partial charge in [0.1, 0.15) is 6.61 Å². The Labute approximate surface area is 144 Å². The minimum Gasteiger partial charge on any atom is -0.458 e. The number of benzene rings is 1. The molecular weight excluding hydrogens is 343 g/mol. The van der Waals surface area contributed by atoms with E-state index in [-0.39, 0.29) is 6.61 Å². The Hall–Kier alpha value is -1.56. The van der Waals surface area contributed by atoms with Crippen LogP contribution < -0.4 is 10.6 Å². The van der Waals surface area contributed by atoms with Crippen molar-refractivity contribution in [3.63, 3.8) is 0 Å². The fraction of sp³-hybridized carbons (Fsp3) is 0.200. The summed E-state index contributed by atoms with van der Waals surface area (Å²) >= 11 is 17.2. The van der Waals surface area contributed by atoms with Gasteiger partial charge in [-0.25, -0.2) is 4.79 Å². The Morgan fingerprint density at radius 1 is 1.45 bits per heavy atom. The van der Waals surface area contributed by atoms with Gasteiger partial charge in [-0.2, -0.15) is 0 Å². The fourth-order valence-electron chi connectivity index (χ4n) is 2.12. The molecule has 0 aliphatic carbocycles. The molecule has 0 spiro atoms. The second-order valence-electron chi connectivity index (χ2n) is 4.63. The number of allylic oxidation sites excluding steroid dienone is 1. The fourth-order valence-corrected chi connectivity index (χ4v) is 2.70. The van der Waals surface area contributed by atoms with Crippen LogP contribution in [0.5, 0.6) is 0 Å². The van der Waals surface area contributed by atoms with Crippen molar-refractivity contribution < 1.29 is 9.53 Å². The zero-order chi connectivity index (χ0) is 16.3. The highest BCUT2D eigenvalue weighted by molar-refractivity contribution is 7.80. The van der Waals surface area contributed by atoms with Crippen LogP contribution in [0.25, 0.3) is 0 Å². The first-order valence-electron chi connectivity index (χ1n) is 6.45. The molecule has 7 heteroatoms. The van der Waals surface area contributed by atoms with Gasteiger partial charge in [0.15, 0.2) is 5.11 Å². The van der Waals surface area contributed by atoms with Crippen LogP contribution >= 0.6 is 35.4 Å². The van der Waals surface area contributed by atoms with Crippen LogP contribution in [0.15, 0.2) is 42.1 Å². The van der Waals surface area contributed by atoms with Gasteiger partial charge in [-0.05, 0) is 36.8 Å². The molecule has 2 N–H and O–H groups in total. The monoisotopic (exact) mass is 356 g/mol. The van der Waals surface area contributed by atoms with Gasteiger partial charge in [0.25, 0.3) is 0 Å². The first kappa shape index (κ1) is 16.8. The second-order valence-corrected chi connectivity index (χ2v) is 5.85. The summed E-state index contributed by atoms with van der Waals surface area (Å²) in [4.78, 5) is 12.3. The van der Waals surface area contributed by atoms with Gasteiger partial charge in [-0.15, -0.1) is 0 Å². The standard InChI is InChI=1S/C15H14Cl2N2O2S/c1-3-6-21-14(20)12-8(2)18-15(22)19-13(12)9-4-5-10(16)11(17)7-9/h3-5,7,13H,1,6H2,2H3,(H2,18,19,22)/t13-/m1/s1. The highest BCUT2D eigenvalue weighted by atomic mass is 35.5. The molecule has 1 aromatic rings. The molecule has 4 nitrogen and oxygen atoms in total. The van der Waals surface area contributed by atoms with Crippen molar-refractivity contribution in [3.05, 3.63) is 57.7 Å². The summed E-state index contributed by atoms with van der Waals surface area (Å²) in [5, 5.41) is 7.25. The summed E-state index contributed by atoms with van der Waals surface area (Å²) in [7, 11) is 0. The third-order valence-electron chi connectivity index (χ3n) is 3.10. The van der Waals surface area contributed by atoms with E-state index in [1.165, 1.54) is 6.08 Å². The highest BCUT2D eigenvalue weighted by Crippen LogP contribution is 2.31. The molecule has 116 valence electrons. The lowest BCUT2D eigenvalue weighted by Gasteiger charge is -2.30. The molecule has 0 saturated heterocycles. The van der Waals surface area contributed by atoms with Gasteiger partial charge in [0, 0.05) is 5.70 Å². The third kappa shape index (κ3) is 3.61. The number of halogens is 2. The molecule has 0 aromatic heterocycles. The van der Waals surface area contributed by atoms with Gasteiger partial charge in [0.05, 0.1) is 21.7 Å². The molecule has 1 aromatic carbocycles. The minimum atomic E-state index is -0.458. The molecule has 0 saturated carbocycles. The smallest absolute Gasteiger partial charge is 0.338 e. The molecule has 0 fully saturated rings. The third-order valence-corrected chi connectivity index (χ3v) is 4.06. The maximum Gasteiger partial charge on any atom is 0.338 e. The molecule has 1 aliphatic rings. The number of ether oxygens (including phenoxy) is 1. The van der Waals surface area contributed by atoms with Crippen LogP contribution in [0.4, 0.5) is 0 Å². The lowest BCUT2D eigenvalue weighted by atomic mass is 9.96. The lowest BCUT2D eigenvalue weighted by Crippen LogP contribution is -2.45. The number of hydrogen-bond donors (Lipinski definition) is 2. The van der Waals surface area contributed by atoms with Gasteiger partial charge in [-0.1, -0.05) is 41.9 Å². The number of hydrogen-bond acceptors (Lipinski definition) is 3. The number of rotatable bonds is 4. The average molecular weight is 357 g/mol. The molecule has 1 heterocycles. The summed E-state index contributed by atoms with van der Waals surface area (Å²) in [5.74, 6) is -0.448. The van der Waals surface area contributed by atoms with Crippen molar-refractivity contribution in [1.82, 2.24) is 10.6 Å². The zero-order valence-electron chi connectivity index (χ0n) is 11.8. The largest absolute Gasteiger partial charge is 0.458 e. The van der Waals surface area contributed by atoms with Crippen molar-refractivity contribution in [2.45, 2.75) is 13.0 Å². The van der Waals surface area contributed by atoms with Crippen molar-refractivity contribution >= 4 is 46.5 Å². The topological polar surface area (TPSA) is 50.4 Å². The first-order valence-corrected chi connectivity index (χ1v) is 7.61.